The fourth-order valence-electron chi connectivity index (χ4n) is 4.37. The van der Waals surface area contributed by atoms with Gasteiger partial charge in [-0.25, -0.2) is 9.97 Å². The maximum atomic E-state index is 6.23. The van der Waals surface area contributed by atoms with Crippen molar-refractivity contribution in [3.63, 3.8) is 0 Å². The third kappa shape index (κ3) is 4.86. The molecule has 9 heteroatoms. The lowest BCUT2D eigenvalue weighted by atomic mass is 10.1. The average molecular weight is 472 g/mol. The second kappa shape index (κ2) is 9.89. The van der Waals surface area contributed by atoms with E-state index in [0.717, 1.165) is 37.2 Å². The van der Waals surface area contributed by atoms with Gasteiger partial charge in [-0.15, -0.1) is 0 Å². The number of rotatable bonds is 8. The molecule has 3 aromatic rings. The molecule has 0 bridgehead atoms. The van der Waals surface area contributed by atoms with E-state index < -0.39 is 0 Å². The van der Waals surface area contributed by atoms with Crippen LogP contribution in [-0.4, -0.2) is 69.4 Å². The van der Waals surface area contributed by atoms with Gasteiger partial charge in [0.2, 0.25) is 5.28 Å². The number of anilines is 2. The summed E-state index contributed by atoms with van der Waals surface area (Å²) in [6.45, 7) is 2.66. The minimum Gasteiger partial charge on any atom is -0.496 e. The number of fused-ring (bicyclic) bond motifs is 1. The van der Waals surface area contributed by atoms with Gasteiger partial charge in [-0.2, -0.15) is 0 Å². The number of hydrogen-bond acceptors (Lipinski definition) is 8. The Morgan fingerprint density at radius 3 is 2.48 bits per heavy atom. The molecule has 1 aliphatic rings. The van der Waals surface area contributed by atoms with Gasteiger partial charge in [0, 0.05) is 62.5 Å². The van der Waals surface area contributed by atoms with Crippen molar-refractivity contribution in [3.8, 4) is 17.2 Å². The van der Waals surface area contributed by atoms with E-state index in [1.807, 2.05) is 24.3 Å². The predicted molar refractivity (Wildman–Crippen MR) is 132 cm³/mol. The van der Waals surface area contributed by atoms with E-state index in [9.17, 15) is 0 Å². The van der Waals surface area contributed by atoms with Crippen LogP contribution in [0.4, 0.5) is 11.5 Å². The Kier molecular flexibility index (Phi) is 6.95. The van der Waals surface area contributed by atoms with Gasteiger partial charge in [-0.1, -0.05) is 6.07 Å². The molecule has 1 fully saturated rings. The summed E-state index contributed by atoms with van der Waals surface area (Å²) >= 11 is 6.23. The highest BCUT2D eigenvalue weighted by Gasteiger charge is 2.26. The van der Waals surface area contributed by atoms with Gasteiger partial charge < -0.3 is 24.4 Å². The Bertz CT molecular complexity index is 1140. The van der Waals surface area contributed by atoms with Crippen molar-refractivity contribution < 1.29 is 14.2 Å². The van der Waals surface area contributed by atoms with E-state index in [-0.39, 0.29) is 11.3 Å². The van der Waals surface area contributed by atoms with Crippen LogP contribution in [0.3, 0.4) is 0 Å². The zero-order valence-electron chi connectivity index (χ0n) is 19.7. The van der Waals surface area contributed by atoms with Crippen molar-refractivity contribution in [2.24, 2.45) is 0 Å². The smallest absolute Gasteiger partial charge is 0.224 e. The number of nitrogens with zero attached hydrogens (tertiary/aromatic N) is 4. The number of hydrogen-bond donors (Lipinski definition) is 1. The predicted octanol–water partition coefficient (Wildman–Crippen LogP) is 4.06. The topological polar surface area (TPSA) is 72.0 Å². The Hall–Kier alpha value is -2.97. The molecule has 2 aromatic carbocycles. The Morgan fingerprint density at radius 2 is 1.79 bits per heavy atom. The van der Waals surface area contributed by atoms with E-state index >= 15 is 0 Å². The molecule has 1 aliphatic heterocycles. The molecule has 0 aliphatic carbocycles. The van der Waals surface area contributed by atoms with E-state index in [1.165, 1.54) is 11.3 Å². The first-order valence-electron chi connectivity index (χ1n) is 10.8. The lowest BCUT2D eigenvalue weighted by Crippen LogP contribution is -2.27. The number of ether oxygens (including phenoxy) is 3. The molecule has 4 rings (SSSR count). The number of methoxy groups -OCH3 is 3. The Labute approximate surface area is 199 Å². The van der Waals surface area contributed by atoms with Crippen molar-refractivity contribution in [1.82, 2.24) is 14.9 Å². The number of aromatic nitrogens is 2. The SMILES string of the molecule is COc1cc2nc(Cl)nc(N[C@@H]3CCN(Cc4c(OC)cccc4N(C)C)C3)c2cc1OC. The molecule has 1 saturated heterocycles. The largest absolute Gasteiger partial charge is 0.496 e. The molecule has 1 atom stereocenters. The number of halogens is 1. The third-order valence-corrected chi connectivity index (χ3v) is 6.15. The standard InChI is InChI=1S/C24H30ClN5O3/c1-29(2)19-7-6-8-20(31-3)17(19)14-30-10-9-15(13-30)26-23-16-11-21(32-4)22(33-5)12-18(16)27-24(25)28-23/h6-8,11-12,15H,9-10,13-14H2,1-5H3,(H,26,27,28)/t15-/m1/s1. The van der Waals surface area contributed by atoms with Gasteiger partial charge in [0.25, 0.3) is 0 Å². The first kappa shape index (κ1) is 23.2. The summed E-state index contributed by atoms with van der Waals surface area (Å²) in [4.78, 5) is 13.4. The van der Waals surface area contributed by atoms with Gasteiger partial charge in [0.15, 0.2) is 11.5 Å². The minimum absolute atomic E-state index is 0.191. The van der Waals surface area contributed by atoms with Gasteiger partial charge >= 0.3 is 0 Å². The highest BCUT2D eigenvalue weighted by molar-refractivity contribution is 6.28. The van der Waals surface area contributed by atoms with Gasteiger partial charge in [0.1, 0.15) is 11.6 Å². The summed E-state index contributed by atoms with van der Waals surface area (Å²) in [5, 5.41) is 4.61. The molecule has 1 aromatic heterocycles. The van der Waals surface area contributed by atoms with Crippen molar-refractivity contribution in [1.29, 1.82) is 0 Å². The van der Waals surface area contributed by atoms with Crippen molar-refractivity contribution in [2.45, 2.75) is 19.0 Å². The molecule has 33 heavy (non-hydrogen) atoms. The molecule has 0 unspecified atom stereocenters. The molecule has 8 nitrogen and oxygen atoms in total. The molecule has 2 heterocycles. The van der Waals surface area contributed by atoms with Crippen molar-refractivity contribution >= 4 is 34.0 Å². The lowest BCUT2D eigenvalue weighted by molar-refractivity contribution is 0.319. The van der Waals surface area contributed by atoms with Crippen LogP contribution in [0.25, 0.3) is 10.9 Å². The van der Waals surface area contributed by atoms with Crippen LogP contribution < -0.4 is 24.4 Å². The summed E-state index contributed by atoms with van der Waals surface area (Å²) in [6, 6.07) is 10.1. The maximum absolute atomic E-state index is 6.23. The highest BCUT2D eigenvalue weighted by atomic mass is 35.5. The number of likely N-dealkylation sites (tertiary alicyclic amines) is 1. The molecule has 0 radical (unpaired) electrons. The monoisotopic (exact) mass is 471 g/mol. The maximum Gasteiger partial charge on any atom is 0.224 e. The van der Waals surface area contributed by atoms with Crippen LogP contribution in [0.15, 0.2) is 30.3 Å². The first-order valence-corrected chi connectivity index (χ1v) is 11.2. The highest BCUT2D eigenvalue weighted by Crippen LogP contribution is 2.35. The second-order valence-corrected chi connectivity index (χ2v) is 8.62. The average Bonchev–Trinajstić information content (AvgIpc) is 3.24. The second-order valence-electron chi connectivity index (χ2n) is 8.28. The zero-order chi connectivity index (χ0) is 23.5. The molecule has 0 spiro atoms. The Balaban J connectivity index is 1.55. The molecular formula is C24H30ClN5O3. The summed E-state index contributed by atoms with van der Waals surface area (Å²) in [7, 11) is 9.05. The lowest BCUT2D eigenvalue weighted by Gasteiger charge is -2.24. The molecule has 0 saturated carbocycles. The summed E-state index contributed by atoms with van der Waals surface area (Å²) in [6.07, 6.45) is 0.989. The van der Waals surface area contributed by atoms with Gasteiger partial charge in [-0.05, 0) is 36.2 Å². The fraction of sp³-hybridized carbons (Fsp3) is 0.417. The van der Waals surface area contributed by atoms with Crippen LogP contribution in [0.5, 0.6) is 17.2 Å². The number of nitrogens with one attached hydrogen (secondary N) is 1. The summed E-state index contributed by atoms with van der Waals surface area (Å²) < 4.78 is 16.5. The van der Waals surface area contributed by atoms with Crippen molar-refractivity contribution in [2.75, 3.05) is 58.7 Å². The van der Waals surface area contributed by atoms with E-state index in [0.29, 0.717) is 22.8 Å². The molecule has 0 amide bonds. The van der Waals surface area contributed by atoms with Crippen LogP contribution in [-0.2, 0) is 6.54 Å². The first-order chi connectivity index (χ1) is 15.9. The van der Waals surface area contributed by atoms with E-state index in [4.69, 9.17) is 25.8 Å². The quantitative estimate of drug-likeness (QED) is 0.493. The van der Waals surface area contributed by atoms with Crippen LogP contribution in [0.1, 0.15) is 12.0 Å². The van der Waals surface area contributed by atoms with Gasteiger partial charge in [0.05, 0.1) is 26.8 Å². The van der Waals surface area contributed by atoms with Crippen LogP contribution >= 0.6 is 11.6 Å². The fourth-order valence-corrected chi connectivity index (χ4v) is 4.55. The third-order valence-electron chi connectivity index (χ3n) is 5.98. The normalized spacial score (nSPS) is 16.1. The van der Waals surface area contributed by atoms with Gasteiger partial charge in [-0.3, -0.25) is 4.90 Å². The van der Waals surface area contributed by atoms with Crippen LogP contribution in [0.2, 0.25) is 5.28 Å². The molecule has 1 N–H and O–H groups in total. The minimum atomic E-state index is 0.191. The van der Waals surface area contributed by atoms with E-state index in [1.54, 1.807) is 21.3 Å². The van der Waals surface area contributed by atoms with Crippen molar-refractivity contribution in [3.05, 3.63) is 41.2 Å². The number of benzene rings is 2. The van der Waals surface area contributed by atoms with Crippen LogP contribution in [0, 0.1) is 0 Å². The zero-order valence-corrected chi connectivity index (χ0v) is 20.4. The molecule has 176 valence electrons. The summed E-state index contributed by atoms with van der Waals surface area (Å²) in [5.41, 5.74) is 3.06. The van der Waals surface area contributed by atoms with E-state index in [2.05, 4.69) is 45.2 Å². The summed E-state index contributed by atoms with van der Waals surface area (Å²) in [5.74, 6) is 2.84. The molecular weight excluding hydrogens is 442 g/mol. The Morgan fingerprint density at radius 1 is 1.06 bits per heavy atom.